The van der Waals surface area contributed by atoms with Gasteiger partial charge in [-0.15, -0.1) is 0 Å². The van der Waals surface area contributed by atoms with Crippen molar-refractivity contribution >= 4 is 0 Å². The van der Waals surface area contributed by atoms with Gasteiger partial charge in [0.05, 0.1) is 11.4 Å². The van der Waals surface area contributed by atoms with Crippen molar-refractivity contribution in [2.45, 2.75) is 19.5 Å². The second kappa shape index (κ2) is 4.06. The predicted molar refractivity (Wildman–Crippen MR) is 61.8 cm³/mol. The van der Waals surface area contributed by atoms with Crippen molar-refractivity contribution in [3.8, 4) is 11.3 Å². The highest BCUT2D eigenvalue weighted by Crippen LogP contribution is 2.19. The maximum absolute atomic E-state index is 4.63. The molecule has 0 bridgehead atoms. The molecule has 2 aromatic heterocycles. The van der Waals surface area contributed by atoms with Gasteiger partial charge < -0.3 is 5.32 Å². The summed E-state index contributed by atoms with van der Waals surface area (Å²) in [6.45, 7) is 3.00. The molecule has 4 heteroatoms. The molecule has 0 atom stereocenters. The van der Waals surface area contributed by atoms with Gasteiger partial charge in [0.15, 0.2) is 0 Å². The van der Waals surface area contributed by atoms with Gasteiger partial charge >= 0.3 is 0 Å². The molecule has 0 saturated carbocycles. The maximum Gasteiger partial charge on any atom is 0.0927 e. The fourth-order valence-electron chi connectivity index (χ4n) is 2.03. The largest absolute Gasteiger partial charge is 0.311 e. The minimum atomic E-state index is 0.915. The lowest BCUT2D eigenvalue weighted by Crippen LogP contribution is -2.11. The van der Waals surface area contributed by atoms with E-state index in [-0.39, 0.29) is 0 Å². The molecule has 0 amide bonds. The summed E-state index contributed by atoms with van der Waals surface area (Å²) in [5.41, 5.74) is 3.45. The highest BCUT2D eigenvalue weighted by molar-refractivity contribution is 5.58. The molecule has 0 radical (unpaired) electrons. The molecule has 82 valence electrons. The third-order valence-electron chi connectivity index (χ3n) is 2.87. The number of aryl methyl sites for hydroxylation is 1. The van der Waals surface area contributed by atoms with Crippen molar-refractivity contribution in [1.82, 2.24) is 20.1 Å². The summed E-state index contributed by atoms with van der Waals surface area (Å²) in [6, 6.07) is 6.15. The first-order chi connectivity index (χ1) is 7.93. The molecule has 0 fully saturated rings. The van der Waals surface area contributed by atoms with Crippen LogP contribution >= 0.6 is 0 Å². The van der Waals surface area contributed by atoms with Crippen LogP contribution < -0.4 is 5.32 Å². The molecule has 2 aromatic rings. The Morgan fingerprint density at radius 3 is 3.00 bits per heavy atom. The van der Waals surface area contributed by atoms with Gasteiger partial charge in [0.2, 0.25) is 0 Å². The molecule has 1 aliphatic heterocycles. The third kappa shape index (κ3) is 1.72. The maximum atomic E-state index is 4.63. The van der Waals surface area contributed by atoms with E-state index in [2.05, 4.69) is 26.1 Å². The van der Waals surface area contributed by atoms with E-state index in [0.717, 1.165) is 37.3 Å². The van der Waals surface area contributed by atoms with E-state index in [1.165, 1.54) is 5.69 Å². The van der Waals surface area contributed by atoms with Crippen molar-refractivity contribution < 1.29 is 0 Å². The molecular formula is C12H14N4. The predicted octanol–water partition coefficient (Wildman–Crippen LogP) is 1.44. The van der Waals surface area contributed by atoms with Crippen LogP contribution in [0.2, 0.25) is 0 Å². The van der Waals surface area contributed by atoms with Crippen molar-refractivity contribution in [3.05, 3.63) is 36.3 Å². The summed E-state index contributed by atoms with van der Waals surface area (Å²) in [5.74, 6) is 0. The zero-order valence-electron chi connectivity index (χ0n) is 9.06. The van der Waals surface area contributed by atoms with Gasteiger partial charge in [-0.3, -0.25) is 9.67 Å². The highest BCUT2D eigenvalue weighted by atomic mass is 15.3. The average Bonchev–Trinajstić information content (AvgIpc) is 2.62. The van der Waals surface area contributed by atoms with Crippen LogP contribution in [-0.2, 0) is 13.1 Å². The molecule has 16 heavy (non-hydrogen) atoms. The molecule has 3 rings (SSSR count). The first-order valence-electron chi connectivity index (χ1n) is 5.61. The Bertz CT molecular complexity index is 452. The SMILES string of the molecule is c1cc(-c2cc3n(n2)CCCNC3)ccn1. The van der Waals surface area contributed by atoms with Gasteiger partial charge in [-0.25, -0.2) is 0 Å². The van der Waals surface area contributed by atoms with E-state index < -0.39 is 0 Å². The number of hydrogen-bond donors (Lipinski definition) is 1. The van der Waals surface area contributed by atoms with Crippen LogP contribution in [0.1, 0.15) is 12.1 Å². The molecule has 1 N–H and O–H groups in total. The molecule has 1 aliphatic rings. The molecule has 0 unspecified atom stereocenters. The lowest BCUT2D eigenvalue weighted by molar-refractivity contribution is 0.589. The summed E-state index contributed by atoms with van der Waals surface area (Å²) < 4.78 is 2.11. The third-order valence-corrected chi connectivity index (χ3v) is 2.87. The lowest BCUT2D eigenvalue weighted by Gasteiger charge is -1.99. The van der Waals surface area contributed by atoms with E-state index in [1.54, 1.807) is 12.4 Å². The van der Waals surface area contributed by atoms with Crippen LogP contribution in [-0.4, -0.2) is 21.3 Å². The Balaban J connectivity index is 1.98. The van der Waals surface area contributed by atoms with Crippen LogP contribution in [0.4, 0.5) is 0 Å². The fourth-order valence-corrected chi connectivity index (χ4v) is 2.03. The van der Waals surface area contributed by atoms with E-state index in [4.69, 9.17) is 0 Å². The summed E-state index contributed by atoms with van der Waals surface area (Å²) in [7, 11) is 0. The van der Waals surface area contributed by atoms with Gasteiger partial charge in [0, 0.05) is 31.0 Å². The standard InChI is InChI=1S/C12H14N4/c1-4-14-9-11-8-12(15-16(11)7-1)10-2-5-13-6-3-10/h2-3,5-6,8,14H,1,4,7,9H2. The second-order valence-electron chi connectivity index (χ2n) is 4.01. The van der Waals surface area contributed by atoms with Crippen LogP contribution in [0, 0.1) is 0 Å². The Hall–Kier alpha value is -1.68. The summed E-state index contributed by atoms with van der Waals surface area (Å²) in [4.78, 5) is 4.02. The normalized spacial score (nSPS) is 15.5. The summed E-state index contributed by atoms with van der Waals surface area (Å²) in [6.07, 6.45) is 4.75. The van der Waals surface area contributed by atoms with Crippen molar-refractivity contribution in [1.29, 1.82) is 0 Å². The summed E-state index contributed by atoms with van der Waals surface area (Å²) in [5, 5.41) is 8.02. The Morgan fingerprint density at radius 1 is 1.25 bits per heavy atom. The van der Waals surface area contributed by atoms with Gasteiger partial charge in [-0.1, -0.05) is 0 Å². The van der Waals surface area contributed by atoms with Crippen LogP contribution in [0.15, 0.2) is 30.6 Å². The van der Waals surface area contributed by atoms with Crippen molar-refractivity contribution in [3.63, 3.8) is 0 Å². The molecule has 0 aliphatic carbocycles. The van der Waals surface area contributed by atoms with E-state index in [0.29, 0.717) is 0 Å². The zero-order valence-corrected chi connectivity index (χ0v) is 9.06. The zero-order chi connectivity index (χ0) is 10.8. The van der Waals surface area contributed by atoms with E-state index in [1.807, 2.05) is 12.1 Å². The number of nitrogens with one attached hydrogen (secondary N) is 1. The molecular weight excluding hydrogens is 200 g/mol. The number of pyridine rings is 1. The molecule has 4 nitrogen and oxygen atoms in total. The second-order valence-corrected chi connectivity index (χ2v) is 4.01. The fraction of sp³-hybridized carbons (Fsp3) is 0.333. The Labute approximate surface area is 94.3 Å². The number of nitrogens with zero attached hydrogens (tertiary/aromatic N) is 3. The first-order valence-corrected chi connectivity index (χ1v) is 5.61. The van der Waals surface area contributed by atoms with Crippen LogP contribution in [0.25, 0.3) is 11.3 Å². The van der Waals surface area contributed by atoms with Crippen molar-refractivity contribution in [2.24, 2.45) is 0 Å². The van der Waals surface area contributed by atoms with Gasteiger partial charge in [-0.2, -0.15) is 5.10 Å². The number of rotatable bonds is 1. The molecule has 0 saturated heterocycles. The number of fused-ring (bicyclic) bond motifs is 1. The van der Waals surface area contributed by atoms with E-state index in [9.17, 15) is 0 Å². The summed E-state index contributed by atoms with van der Waals surface area (Å²) >= 11 is 0. The number of aromatic nitrogens is 3. The topological polar surface area (TPSA) is 42.7 Å². The Morgan fingerprint density at radius 2 is 2.12 bits per heavy atom. The highest BCUT2D eigenvalue weighted by Gasteiger charge is 2.11. The van der Waals surface area contributed by atoms with Crippen LogP contribution in [0.5, 0.6) is 0 Å². The quantitative estimate of drug-likeness (QED) is 0.781. The average molecular weight is 214 g/mol. The van der Waals surface area contributed by atoms with Crippen LogP contribution in [0.3, 0.4) is 0 Å². The Kier molecular flexibility index (Phi) is 2.42. The van der Waals surface area contributed by atoms with Crippen molar-refractivity contribution in [2.75, 3.05) is 6.54 Å². The van der Waals surface area contributed by atoms with Gasteiger partial charge in [-0.05, 0) is 31.2 Å². The minimum Gasteiger partial charge on any atom is -0.311 e. The van der Waals surface area contributed by atoms with Gasteiger partial charge in [0.25, 0.3) is 0 Å². The first kappa shape index (κ1) is 9.54. The monoisotopic (exact) mass is 214 g/mol. The molecule has 3 heterocycles. The number of hydrogen-bond acceptors (Lipinski definition) is 3. The molecule has 0 aromatic carbocycles. The lowest BCUT2D eigenvalue weighted by atomic mass is 10.2. The smallest absolute Gasteiger partial charge is 0.0927 e. The minimum absolute atomic E-state index is 0.915. The molecule has 0 spiro atoms. The van der Waals surface area contributed by atoms with Gasteiger partial charge in [0.1, 0.15) is 0 Å². The van der Waals surface area contributed by atoms with E-state index >= 15 is 0 Å².